The molecule has 4 nitrogen and oxygen atoms in total. The molecule has 2 aromatic carbocycles. The van der Waals surface area contributed by atoms with Gasteiger partial charge in [0.05, 0.1) is 12.3 Å². The summed E-state index contributed by atoms with van der Waals surface area (Å²) in [6.07, 6.45) is 2.16. The van der Waals surface area contributed by atoms with Crippen molar-refractivity contribution in [1.82, 2.24) is 0 Å². The molecule has 0 bridgehead atoms. The molecular formula is C22H24O4. The Balaban J connectivity index is 1.68. The molecule has 0 unspecified atom stereocenters. The van der Waals surface area contributed by atoms with E-state index in [0.717, 1.165) is 24.0 Å². The van der Waals surface area contributed by atoms with E-state index in [9.17, 15) is 14.7 Å². The highest BCUT2D eigenvalue weighted by Crippen LogP contribution is 2.44. The lowest BCUT2D eigenvalue weighted by molar-refractivity contribution is -0.152. The van der Waals surface area contributed by atoms with Crippen LogP contribution in [0, 0.1) is 5.92 Å². The molecule has 26 heavy (non-hydrogen) atoms. The summed E-state index contributed by atoms with van der Waals surface area (Å²) in [4.78, 5) is 23.5. The quantitative estimate of drug-likeness (QED) is 0.704. The standard InChI is InChI=1S/C22H24O4/c1-2-3-8-15(22(24)25)13-21(23)26-14-20-18-11-6-4-9-16(18)17-10-5-7-12-19(17)20/h4-7,9-12,15,20H,2-3,8,13-14H2,1H3,(H,24,25)/t15-/m1/s1. The van der Waals surface area contributed by atoms with Crippen LogP contribution in [0.5, 0.6) is 0 Å². The number of esters is 1. The summed E-state index contributed by atoms with van der Waals surface area (Å²) in [6, 6.07) is 16.3. The van der Waals surface area contributed by atoms with E-state index in [2.05, 4.69) is 24.3 Å². The SMILES string of the molecule is CCCC[C@H](CC(=O)OCC1c2ccccc2-c2ccccc21)C(=O)O. The predicted octanol–water partition coefficient (Wildman–Crippen LogP) is 4.62. The first-order valence-electron chi connectivity index (χ1n) is 9.18. The molecule has 0 spiro atoms. The van der Waals surface area contributed by atoms with Gasteiger partial charge in [0.1, 0.15) is 6.61 Å². The summed E-state index contributed by atoms with van der Waals surface area (Å²) in [6.45, 7) is 2.25. The number of aliphatic carboxylic acids is 1. The summed E-state index contributed by atoms with van der Waals surface area (Å²) >= 11 is 0. The second-order valence-corrected chi connectivity index (χ2v) is 6.79. The molecule has 0 fully saturated rings. The van der Waals surface area contributed by atoms with Crippen molar-refractivity contribution in [3.05, 3.63) is 59.7 Å². The molecule has 4 heteroatoms. The van der Waals surface area contributed by atoms with Crippen LogP contribution in [0.4, 0.5) is 0 Å². The lowest BCUT2D eigenvalue weighted by Crippen LogP contribution is -2.21. The molecule has 0 heterocycles. The smallest absolute Gasteiger partial charge is 0.307 e. The third-order valence-electron chi connectivity index (χ3n) is 5.04. The fraction of sp³-hybridized carbons (Fsp3) is 0.364. The van der Waals surface area contributed by atoms with Crippen molar-refractivity contribution in [3.63, 3.8) is 0 Å². The Hall–Kier alpha value is -2.62. The van der Waals surface area contributed by atoms with Gasteiger partial charge in [0, 0.05) is 5.92 Å². The number of hydrogen-bond acceptors (Lipinski definition) is 3. The van der Waals surface area contributed by atoms with Crippen molar-refractivity contribution in [2.45, 2.75) is 38.5 Å². The van der Waals surface area contributed by atoms with Gasteiger partial charge >= 0.3 is 11.9 Å². The first kappa shape index (κ1) is 18.2. The monoisotopic (exact) mass is 352 g/mol. The van der Waals surface area contributed by atoms with Crippen molar-refractivity contribution >= 4 is 11.9 Å². The number of carboxylic acid groups (broad SMARTS) is 1. The lowest BCUT2D eigenvalue weighted by atomic mass is 9.97. The zero-order valence-corrected chi connectivity index (χ0v) is 15.0. The summed E-state index contributed by atoms with van der Waals surface area (Å²) < 4.78 is 5.50. The third-order valence-corrected chi connectivity index (χ3v) is 5.04. The van der Waals surface area contributed by atoms with Crippen LogP contribution in [-0.4, -0.2) is 23.7 Å². The fourth-order valence-electron chi connectivity index (χ4n) is 3.64. The summed E-state index contributed by atoms with van der Waals surface area (Å²) in [5.74, 6) is -2.02. The van der Waals surface area contributed by atoms with Crippen LogP contribution < -0.4 is 0 Å². The van der Waals surface area contributed by atoms with Crippen LogP contribution in [0.15, 0.2) is 48.5 Å². The molecule has 1 aliphatic carbocycles. The molecular weight excluding hydrogens is 328 g/mol. The minimum Gasteiger partial charge on any atom is -0.481 e. The zero-order valence-electron chi connectivity index (χ0n) is 15.0. The second kappa shape index (κ2) is 8.17. The van der Waals surface area contributed by atoms with Crippen LogP contribution in [-0.2, 0) is 14.3 Å². The van der Waals surface area contributed by atoms with E-state index in [0.29, 0.717) is 6.42 Å². The number of carbonyl (C=O) groups excluding carboxylic acids is 1. The highest BCUT2D eigenvalue weighted by molar-refractivity contribution is 5.80. The largest absolute Gasteiger partial charge is 0.481 e. The molecule has 1 aliphatic rings. The van der Waals surface area contributed by atoms with E-state index < -0.39 is 17.9 Å². The molecule has 0 aromatic heterocycles. The Morgan fingerprint density at radius 2 is 1.62 bits per heavy atom. The van der Waals surface area contributed by atoms with Crippen LogP contribution in [0.25, 0.3) is 11.1 Å². The van der Waals surface area contributed by atoms with Gasteiger partial charge in [-0.25, -0.2) is 0 Å². The number of ether oxygens (including phenoxy) is 1. The summed E-state index contributed by atoms with van der Waals surface area (Å²) in [7, 11) is 0. The Morgan fingerprint density at radius 1 is 1.04 bits per heavy atom. The van der Waals surface area contributed by atoms with Crippen LogP contribution in [0.2, 0.25) is 0 Å². The van der Waals surface area contributed by atoms with Crippen molar-refractivity contribution in [2.24, 2.45) is 5.92 Å². The van der Waals surface area contributed by atoms with Gasteiger partial charge in [-0.05, 0) is 28.7 Å². The average molecular weight is 352 g/mol. The van der Waals surface area contributed by atoms with Crippen molar-refractivity contribution in [2.75, 3.05) is 6.61 Å². The van der Waals surface area contributed by atoms with Crippen LogP contribution in [0.1, 0.15) is 49.7 Å². The van der Waals surface area contributed by atoms with Gasteiger partial charge in [-0.15, -0.1) is 0 Å². The molecule has 136 valence electrons. The van der Waals surface area contributed by atoms with Crippen molar-refractivity contribution in [3.8, 4) is 11.1 Å². The second-order valence-electron chi connectivity index (χ2n) is 6.79. The van der Waals surface area contributed by atoms with E-state index in [-0.39, 0.29) is 18.9 Å². The lowest BCUT2D eigenvalue weighted by Gasteiger charge is -2.16. The number of rotatable bonds is 8. The molecule has 3 rings (SSSR count). The normalized spacial score (nSPS) is 13.7. The van der Waals surface area contributed by atoms with Gasteiger partial charge in [0.2, 0.25) is 0 Å². The Bertz CT molecular complexity index is 751. The number of carboxylic acids is 1. The summed E-state index contributed by atoms with van der Waals surface area (Å²) in [5.41, 5.74) is 4.66. The number of benzene rings is 2. The predicted molar refractivity (Wildman–Crippen MR) is 99.9 cm³/mol. The van der Waals surface area contributed by atoms with E-state index in [1.54, 1.807) is 0 Å². The van der Waals surface area contributed by atoms with Crippen molar-refractivity contribution in [1.29, 1.82) is 0 Å². The van der Waals surface area contributed by atoms with Crippen molar-refractivity contribution < 1.29 is 19.4 Å². The van der Waals surface area contributed by atoms with Gasteiger partial charge in [-0.2, -0.15) is 0 Å². The van der Waals surface area contributed by atoms with E-state index >= 15 is 0 Å². The molecule has 1 atom stereocenters. The molecule has 0 amide bonds. The fourth-order valence-corrected chi connectivity index (χ4v) is 3.64. The van der Waals surface area contributed by atoms with Gasteiger partial charge in [-0.3, -0.25) is 9.59 Å². The number of carbonyl (C=O) groups is 2. The average Bonchev–Trinajstić information content (AvgIpc) is 2.97. The molecule has 0 aliphatic heterocycles. The van der Waals surface area contributed by atoms with E-state index in [4.69, 9.17) is 4.74 Å². The van der Waals surface area contributed by atoms with Gasteiger partial charge in [-0.1, -0.05) is 68.3 Å². The first-order chi connectivity index (χ1) is 12.6. The van der Waals surface area contributed by atoms with Gasteiger partial charge in [0.15, 0.2) is 0 Å². The molecule has 0 radical (unpaired) electrons. The maximum atomic E-state index is 12.2. The third kappa shape index (κ3) is 3.79. The Morgan fingerprint density at radius 3 is 2.15 bits per heavy atom. The number of unbranched alkanes of at least 4 members (excludes halogenated alkanes) is 1. The topological polar surface area (TPSA) is 63.6 Å². The number of fused-ring (bicyclic) bond motifs is 3. The Labute approximate surface area is 153 Å². The highest BCUT2D eigenvalue weighted by Gasteiger charge is 2.29. The summed E-state index contributed by atoms with van der Waals surface area (Å²) in [5, 5.41) is 9.28. The zero-order chi connectivity index (χ0) is 18.5. The first-order valence-corrected chi connectivity index (χ1v) is 9.18. The maximum absolute atomic E-state index is 12.2. The van der Waals surface area contributed by atoms with Crippen LogP contribution in [0.3, 0.4) is 0 Å². The molecule has 1 N–H and O–H groups in total. The maximum Gasteiger partial charge on any atom is 0.307 e. The number of hydrogen-bond donors (Lipinski definition) is 1. The van der Waals surface area contributed by atoms with E-state index in [1.165, 1.54) is 11.1 Å². The minimum atomic E-state index is -0.924. The minimum absolute atomic E-state index is 0.00488. The molecule has 2 aromatic rings. The van der Waals surface area contributed by atoms with Gasteiger partial charge in [0.25, 0.3) is 0 Å². The molecule has 0 saturated carbocycles. The van der Waals surface area contributed by atoms with E-state index in [1.807, 2.05) is 31.2 Å². The highest BCUT2D eigenvalue weighted by atomic mass is 16.5. The Kier molecular flexibility index (Phi) is 5.71. The molecule has 0 saturated heterocycles. The van der Waals surface area contributed by atoms with Crippen LogP contribution >= 0.6 is 0 Å². The van der Waals surface area contributed by atoms with Gasteiger partial charge < -0.3 is 9.84 Å².